The fourth-order valence-corrected chi connectivity index (χ4v) is 6.62. The SMILES string of the molecule is O=C1C2C(Cc3ccc(O)c(O)c3)NC3(C(=O)Nc4ccc(F)cc43)C2C(=O)N1C1CCCCC1. The minimum atomic E-state index is -1.57. The summed E-state index contributed by atoms with van der Waals surface area (Å²) in [6.07, 6.45) is 4.65. The first kappa shape index (κ1) is 22.0. The number of fused-ring (bicyclic) bond motifs is 4. The molecule has 0 aromatic heterocycles. The highest BCUT2D eigenvalue weighted by atomic mass is 19.1. The number of rotatable bonds is 3. The minimum Gasteiger partial charge on any atom is -0.504 e. The van der Waals surface area contributed by atoms with Crippen molar-refractivity contribution in [3.8, 4) is 11.5 Å². The van der Waals surface area contributed by atoms with Gasteiger partial charge in [-0.25, -0.2) is 4.39 Å². The molecule has 1 aliphatic carbocycles. The Morgan fingerprint density at radius 2 is 1.74 bits per heavy atom. The Morgan fingerprint density at radius 3 is 2.49 bits per heavy atom. The third kappa shape index (κ3) is 3.10. The first-order valence-electron chi connectivity index (χ1n) is 12.1. The van der Waals surface area contributed by atoms with Crippen LogP contribution in [0.4, 0.5) is 10.1 Å². The van der Waals surface area contributed by atoms with E-state index in [1.165, 1.54) is 35.2 Å². The highest BCUT2D eigenvalue weighted by Gasteiger charge is 2.70. The second-order valence-corrected chi connectivity index (χ2v) is 10.1. The van der Waals surface area contributed by atoms with Crippen LogP contribution >= 0.6 is 0 Å². The Kier molecular flexibility index (Phi) is 4.90. The summed E-state index contributed by atoms with van der Waals surface area (Å²) in [5, 5.41) is 25.7. The largest absolute Gasteiger partial charge is 0.504 e. The normalized spacial score (nSPS) is 30.1. The summed E-state index contributed by atoms with van der Waals surface area (Å²) < 4.78 is 14.4. The van der Waals surface area contributed by atoms with Crippen molar-refractivity contribution in [3.63, 3.8) is 0 Å². The maximum Gasteiger partial charge on any atom is 0.250 e. The number of imide groups is 1. The van der Waals surface area contributed by atoms with Crippen LogP contribution in [0.1, 0.15) is 43.2 Å². The Labute approximate surface area is 201 Å². The first-order valence-corrected chi connectivity index (χ1v) is 12.1. The predicted molar refractivity (Wildman–Crippen MR) is 123 cm³/mol. The van der Waals surface area contributed by atoms with Crippen molar-refractivity contribution in [1.29, 1.82) is 0 Å². The van der Waals surface area contributed by atoms with Crippen LogP contribution in [0.25, 0.3) is 0 Å². The molecule has 6 rings (SSSR count). The molecule has 0 radical (unpaired) electrons. The maximum atomic E-state index is 14.4. The smallest absolute Gasteiger partial charge is 0.250 e. The molecule has 2 aromatic rings. The van der Waals surface area contributed by atoms with Crippen LogP contribution in [0.15, 0.2) is 36.4 Å². The molecule has 3 heterocycles. The first-order chi connectivity index (χ1) is 16.8. The van der Waals surface area contributed by atoms with Gasteiger partial charge in [0, 0.05) is 23.3 Å². The molecule has 3 fully saturated rings. The van der Waals surface area contributed by atoms with Gasteiger partial charge in [-0.15, -0.1) is 0 Å². The van der Waals surface area contributed by atoms with Crippen LogP contribution in [0.5, 0.6) is 11.5 Å². The number of carbonyl (C=O) groups is 3. The van der Waals surface area contributed by atoms with Gasteiger partial charge in [0.15, 0.2) is 11.5 Å². The molecule has 1 spiro atoms. The number of hydrogen-bond acceptors (Lipinski definition) is 6. The summed E-state index contributed by atoms with van der Waals surface area (Å²) in [5.41, 5.74) is -0.188. The number of phenols is 2. The van der Waals surface area contributed by atoms with E-state index in [1.807, 2.05) is 0 Å². The lowest BCUT2D eigenvalue weighted by atomic mass is 9.76. The van der Waals surface area contributed by atoms with Crippen LogP contribution in [-0.4, -0.2) is 44.9 Å². The number of aromatic hydroxyl groups is 2. The lowest BCUT2D eigenvalue weighted by Crippen LogP contribution is -2.54. The molecule has 3 amide bonds. The van der Waals surface area contributed by atoms with Crippen LogP contribution in [0.3, 0.4) is 0 Å². The fraction of sp³-hybridized carbons (Fsp3) is 0.423. The third-order valence-corrected chi connectivity index (χ3v) is 8.15. The van der Waals surface area contributed by atoms with Crippen molar-refractivity contribution in [2.75, 3.05) is 5.32 Å². The molecule has 1 saturated carbocycles. The summed E-state index contributed by atoms with van der Waals surface area (Å²) in [4.78, 5) is 42.6. The second kappa shape index (κ2) is 7.78. The molecule has 2 aromatic carbocycles. The molecule has 0 bridgehead atoms. The zero-order chi connectivity index (χ0) is 24.5. The van der Waals surface area contributed by atoms with E-state index in [2.05, 4.69) is 10.6 Å². The number of anilines is 1. The van der Waals surface area contributed by atoms with E-state index in [1.54, 1.807) is 6.07 Å². The molecule has 3 aliphatic heterocycles. The van der Waals surface area contributed by atoms with Gasteiger partial charge in [-0.2, -0.15) is 0 Å². The van der Waals surface area contributed by atoms with E-state index in [0.717, 1.165) is 32.1 Å². The number of amides is 3. The van der Waals surface area contributed by atoms with E-state index in [-0.39, 0.29) is 35.8 Å². The van der Waals surface area contributed by atoms with Gasteiger partial charge >= 0.3 is 0 Å². The van der Waals surface area contributed by atoms with E-state index in [0.29, 0.717) is 16.8 Å². The lowest BCUT2D eigenvalue weighted by Gasteiger charge is -2.34. The number of carbonyl (C=O) groups excluding carboxylic acids is 3. The van der Waals surface area contributed by atoms with Crippen molar-refractivity contribution in [2.24, 2.45) is 11.8 Å². The van der Waals surface area contributed by atoms with Crippen LogP contribution in [0.2, 0.25) is 0 Å². The highest BCUT2D eigenvalue weighted by Crippen LogP contribution is 2.54. The highest BCUT2D eigenvalue weighted by molar-refractivity contribution is 6.15. The van der Waals surface area contributed by atoms with Gasteiger partial charge in [0.1, 0.15) is 11.4 Å². The maximum absolute atomic E-state index is 14.4. The Morgan fingerprint density at radius 1 is 0.971 bits per heavy atom. The fourth-order valence-electron chi connectivity index (χ4n) is 6.62. The van der Waals surface area contributed by atoms with Gasteiger partial charge < -0.3 is 15.5 Å². The van der Waals surface area contributed by atoms with E-state index in [4.69, 9.17) is 0 Å². The number of nitrogens with one attached hydrogen (secondary N) is 2. The summed E-state index contributed by atoms with van der Waals surface area (Å²) >= 11 is 0. The second-order valence-electron chi connectivity index (χ2n) is 10.1. The third-order valence-electron chi connectivity index (χ3n) is 8.15. The minimum absolute atomic E-state index is 0.193. The van der Waals surface area contributed by atoms with E-state index < -0.39 is 35.1 Å². The number of hydrogen-bond donors (Lipinski definition) is 4. The van der Waals surface area contributed by atoms with Crippen LogP contribution in [-0.2, 0) is 26.3 Å². The number of nitrogens with zero attached hydrogens (tertiary/aromatic N) is 1. The van der Waals surface area contributed by atoms with Crippen molar-refractivity contribution in [3.05, 3.63) is 53.3 Å². The molecule has 4 atom stereocenters. The van der Waals surface area contributed by atoms with Gasteiger partial charge in [0.25, 0.3) is 0 Å². The van der Waals surface area contributed by atoms with Crippen molar-refractivity contribution in [2.45, 2.75) is 56.1 Å². The van der Waals surface area contributed by atoms with Gasteiger partial charge in [-0.3, -0.25) is 24.6 Å². The molecule has 9 heteroatoms. The molecule has 4 unspecified atom stereocenters. The average molecular weight is 480 g/mol. The Hall–Kier alpha value is -3.46. The van der Waals surface area contributed by atoms with Crippen molar-refractivity contribution >= 4 is 23.4 Å². The summed E-state index contributed by atoms with van der Waals surface area (Å²) in [7, 11) is 0. The van der Waals surface area contributed by atoms with Gasteiger partial charge in [-0.1, -0.05) is 25.3 Å². The van der Waals surface area contributed by atoms with Crippen molar-refractivity contribution < 1.29 is 29.0 Å². The number of likely N-dealkylation sites (tertiary alicyclic amines) is 1. The molecular weight excluding hydrogens is 453 g/mol. The predicted octanol–water partition coefficient (Wildman–Crippen LogP) is 2.53. The zero-order valence-corrected chi connectivity index (χ0v) is 19.0. The Balaban J connectivity index is 1.46. The average Bonchev–Trinajstić information content (AvgIpc) is 3.41. The standard InChI is InChI=1S/C26H26FN3O5/c27-14-7-8-17-16(12-14)26(25(35)28-17)22-21(18(29-26)10-13-6-9-19(31)20(32)11-13)23(33)30(24(22)34)15-4-2-1-3-5-15/h6-9,11-12,15,18,21-22,29,31-32H,1-5,10H2,(H,28,35). The van der Waals surface area contributed by atoms with E-state index in [9.17, 15) is 29.0 Å². The van der Waals surface area contributed by atoms with E-state index >= 15 is 0 Å². The summed E-state index contributed by atoms with van der Waals surface area (Å²) in [5.74, 6) is -4.09. The Bertz CT molecular complexity index is 1260. The summed E-state index contributed by atoms with van der Waals surface area (Å²) in [6.45, 7) is 0. The van der Waals surface area contributed by atoms with Crippen molar-refractivity contribution in [1.82, 2.24) is 10.2 Å². The molecular formula is C26H26FN3O5. The number of phenolic OH excluding ortho intramolecular Hbond substituents is 2. The number of halogens is 1. The molecule has 182 valence electrons. The van der Waals surface area contributed by atoms with Crippen LogP contribution in [0, 0.1) is 17.7 Å². The van der Waals surface area contributed by atoms with Gasteiger partial charge in [-0.05, 0) is 55.2 Å². The van der Waals surface area contributed by atoms with Crippen LogP contribution < -0.4 is 10.6 Å². The molecule has 4 N–H and O–H groups in total. The monoisotopic (exact) mass is 479 g/mol. The number of benzene rings is 2. The topological polar surface area (TPSA) is 119 Å². The van der Waals surface area contributed by atoms with Gasteiger partial charge in [0.05, 0.1) is 11.8 Å². The molecule has 4 aliphatic rings. The van der Waals surface area contributed by atoms with Gasteiger partial charge in [0.2, 0.25) is 17.7 Å². The zero-order valence-electron chi connectivity index (χ0n) is 19.0. The lowest BCUT2D eigenvalue weighted by molar-refractivity contribution is -0.146. The quantitative estimate of drug-likeness (QED) is 0.397. The molecule has 8 nitrogen and oxygen atoms in total. The molecule has 35 heavy (non-hydrogen) atoms. The summed E-state index contributed by atoms with van der Waals surface area (Å²) in [6, 6.07) is 7.55. The molecule has 2 saturated heterocycles.